The molecule has 5 heteroatoms. The summed E-state index contributed by atoms with van der Waals surface area (Å²) in [5, 5.41) is 3.28. The van der Waals surface area contributed by atoms with Crippen LogP contribution in [-0.4, -0.2) is 38.2 Å². The first-order valence-electron chi connectivity index (χ1n) is 7.73. The highest BCUT2D eigenvalue weighted by Gasteiger charge is 2.32. The molecule has 0 aromatic rings. The van der Waals surface area contributed by atoms with E-state index in [1.807, 2.05) is 13.8 Å². The monoisotopic (exact) mass is 285 g/mol. The zero-order valence-electron chi connectivity index (χ0n) is 12.7. The Balaban J connectivity index is 2.56. The summed E-state index contributed by atoms with van der Waals surface area (Å²) in [7, 11) is 0. The largest absolute Gasteiger partial charge is 0.465 e. The standard InChI is InChI=1S/C15H27NO4/c1-3-9-19-14(17)13(15(18)20-10-4-2)11-12-5-7-16-8-6-12/h12-13,16H,3-11H2,1-2H3. The van der Waals surface area contributed by atoms with Gasteiger partial charge in [0, 0.05) is 0 Å². The van der Waals surface area contributed by atoms with E-state index in [1.165, 1.54) is 0 Å². The average molecular weight is 285 g/mol. The lowest BCUT2D eigenvalue weighted by Gasteiger charge is -2.25. The molecule has 0 saturated carbocycles. The van der Waals surface area contributed by atoms with Gasteiger partial charge >= 0.3 is 11.9 Å². The first-order valence-corrected chi connectivity index (χ1v) is 7.73. The van der Waals surface area contributed by atoms with Gasteiger partial charge in [0.25, 0.3) is 0 Å². The molecule has 1 aliphatic rings. The lowest BCUT2D eigenvalue weighted by molar-refractivity contribution is -0.163. The third-order valence-corrected chi connectivity index (χ3v) is 3.49. The van der Waals surface area contributed by atoms with Crippen molar-refractivity contribution in [2.75, 3.05) is 26.3 Å². The summed E-state index contributed by atoms with van der Waals surface area (Å²) in [5.41, 5.74) is 0. The van der Waals surface area contributed by atoms with Crippen LogP contribution in [0.3, 0.4) is 0 Å². The molecule has 0 amide bonds. The van der Waals surface area contributed by atoms with Crippen LogP contribution in [0.4, 0.5) is 0 Å². The molecule has 116 valence electrons. The van der Waals surface area contributed by atoms with E-state index in [4.69, 9.17) is 9.47 Å². The van der Waals surface area contributed by atoms with Crippen molar-refractivity contribution in [3.63, 3.8) is 0 Å². The van der Waals surface area contributed by atoms with E-state index >= 15 is 0 Å². The summed E-state index contributed by atoms with van der Waals surface area (Å²) in [4.78, 5) is 24.1. The summed E-state index contributed by atoms with van der Waals surface area (Å²) in [5.74, 6) is -1.21. The minimum atomic E-state index is -0.754. The van der Waals surface area contributed by atoms with Gasteiger partial charge in [-0.15, -0.1) is 0 Å². The van der Waals surface area contributed by atoms with E-state index < -0.39 is 17.9 Å². The lowest BCUT2D eigenvalue weighted by atomic mass is 9.88. The Morgan fingerprint density at radius 3 is 2.00 bits per heavy atom. The Labute approximate surface area is 121 Å². The average Bonchev–Trinajstić information content (AvgIpc) is 2.48. The summed E-state index contributed by atoms with van der Waals surface area (Å²) < 4.78 is 10.3. The molecule has 1 heterocycles. The van der Waals surface area contributed by atoms with Crippen molar-refractivity contribution in [1.82, 2.24) is 5.32 Å². The van der Waals surface area contributed by atoms with Gasteiger partial charge in [-0.1, -0.05) is 13.8 Å². The third kappa shape index (κ3) is 5.90. The van der Waals surface area contributed by atoms with E-state index in [0.717, 1.165) is 38.8 Å². The van der Waals surface area contributed by atoms with Gasteiger partial charge in [-0.25, -0.2) is 0 Å². The van der Waals surface area contributed by atoms with Crippen molar-refractivity contribution in [2.24, 2.45) is 11.8 Å². The van der Waals surface area contributed by atoms with Crippen molar-refractivity contribution in [1.29, 1.82) is 0 Å². The fourth-order valence-electron chi connectivity index (χ4n) is 2.35. The molecule has 0 atom stereocenters. The van der Waals surface area contributed by atoms with Crippen LogP contribution < -0.4 is 5.32 Å². The number of ether oxygens (including phenoxy) is 2. The Hall–Kier alpha value is -1.10. The summed E-state index contributed by atoms with van der Waals surface area (Å²) >= 11 is 0. The quantitative estimate of drug-likeness (QED) is 0.545. The minimum Gasteiger partial charge on any atom is -0.465 e. The topological polar surface area (TPSA) is 64.6 Å². The molecule has 0 spiro atoms. The summed E-state index contributed by atoms with van der Waals surface area (Å²) in [6, 6.07) is 0. The van der Waals surface area contributed by atoms with Gasteiger partial charge in [0.1, 0.15) is 0 Å². The van der Waals surface area contributed by atoms with E-state index in [1.54, 1.807) is 0 Å². The summed E-state index contributed by atoms with van der Waals surface area (Å²) in [6.07, 6.45) is 4.07. The maximum atomic E-state index is 12.0. The van der Waals surface area contributed by atoms with Crippen LogP contribution in [0.15, 0.2) is 0 Å². The van der Waals surface area contributed by atoms with Crippen molar-refractivity contribution < 1.29 is 19.1 Å². The molecule has 0 bridgehead atoms. The van der Waals surface area contributed by atoms with Crippen LogP contribution in [0.5, 0.6) is 0 Å². The zero-order chi connectivity index (χ0) is 14.8. The Bertz CT molecular complexity index is 280. The van der Waals surface area contributed by atoms with Crippen LogP contribution in [0.2, 0.25) is 0 Å². The first kappa shape index (κ1) is 17.0. The maximum absolute atomic E-state index is 12.0. The van der Waals surface area contributed by atoms with Crippen LogP contribution in [-0.2, 0) is 19.1 Å². The van der Waals surface area contributed by atoms with Crippen LogP contribution in [0.25, 0.3) is 0 Å². The predicted molar refractivity (Wildman–Crippen MR) is 76.2 cm³/mol. The molecule has 1 aliphatic heterocycles. The molecule has 0 radical (unpaired) electrons. The zero-order valence-corrected chi connectivity index (χ0v) is 12.7. The fraction of sp³-hybridized carbons (Fsp3) is 0.867. The van der Waals surface area contributed by atoms with E-state index in [-0.39, 0.29) is 0 Å². The van der Waals surface area contributed by atoms with E-state index in [0.29, 0.717) is 25.6 Å². The second-order valence-electron chi connectivity index (χ2n) is 5.32. The van der Waals surface area contributed by atoms with Crippen LogP contribution >= 0.6 is 0 Å². The molecule has 20 heavy (non-hydrogen) atoms. The van der Waals surface area contributed by atoms with E-state index in [9.17, 15) is 9.59 Å². The molecule has 0 aromatic heterocycles. The second-order valence-corrected chi connectivity index (χ2v) is 5.32. The Kier molecular flexibility index (Phi) is 8.26. The number of esters is 2. The molecular weight excluding hydrogens is 258 g/mol. The smallest absolute Gasteiger partial charge is 0.320 e. The van der Waals surface area contributed by atoms with Gasteiger partial charge in [0.2, 0.25) is 0 Å². The van der Waals surface area contributed by atoms with Crippen molar-refractivity contribution >= 4 is 11.9 Å². The van der Waals surface area contributed by atoms with Crippen molar-refractivity contribution in [2.45, 2.75) is 46.0 Å². The third-order valence-electron chi connectivity index (χ3n) is 3.49. The molecule has 1 rings (SSSR count). The number of rotatable bonds is 8. The van der Waals surface area contributed by atoms with Gasteiger partial charge < -0.3 is 14.8 Å². The summed E-state index contributed by atoms with van der Waals surface area (Å²) in [6.45, 7) is 6.50. The fourth-order valence-corrected chi connectivity index (χ4v) is 2.35. The number of hydrogen-bond acceptors (Lipinski definition) is 5. The molecular formula is C15H27NO4. The van der Waals surface area contributed by atoms with Gasteiger partial charge in [0.15, 0.2) is 5.92 Å². The maximum Gasteiger partial charge on any atom is 0.320 e. The molecule has 0 aliphatic carbocycles. The molecule has 1 saturated heterocycles. The van der Waals surface area contributed by atoms with Crippen molar-refractivity contribution in [3.8, 4) is 0 Å². The van der Waals surface area contributed by atoms with Gasteiger partial charge in [-0.3, -0.25) is 9.59 Å². The van der Waals surface area contributed by atoms with Gasteiger partial charge in [-0.2, -0.15) is 0 Å². The first-order chi connectivity index (χ1) is 9.69. The lowest BCUT2D eigenvalue weighted by Crippen LogP contribution is -2.34. The number of nitrogens with one attached hydrogen (secondary N) is 1. The highest BCUT2D eigenvalue weighted by Crippen LogP contribution is 2.23. The highest BCUT2D eigenvalue weighted by molar-refractivity contribution is 5.94. The molecule has 1 fully saturated rings. The number of piperidine rings is 1. The van der Waals surface area contributed by atoms with Crippen LogP contribution in [0, 0.1) is 11.8 Å². The highest BCUT2D eigenvalue weighted by atomic mass is 16.6. The molecule has 0 aromatic carbocycles. The van der Waals surface area contributed by atoms with Crippen molar-refractivity contribution in [3.05, 3.63) is 0 Å². The number of carbonyl (C=O) groups excluding carboxylic acids is 2. The molecule has 0 unspecified atom stereocenters. The predicted octanol–water partition coefficient (Wildman–Crippen LogP) is 1.90. The SMILES string of the molecule is CCCOC(=O)C(CC1CCNCC1)C(=O)OCCC. The minimum absolute atomic E-state index is 0.364. The second kappa shape index (κ2) is 9.75. The number of hydrogen-bond donors (Lipinski definition) is 1. The van der Waals surface area contributed by atoms with Gasteiger partial charge in [-0.05, 0) is 51.1 Å². The van der Waals surface area contributed by atoms with E-state index in [2.05, 4.69) is 5.32 Å². The number of carbonyl (C=O) groups is 2. The Morgan fingerprint density at radius 2 is 1.55 bits per heavy atom. The molecule has 5 nitrogen and oxygen atoms in total. The van der Waals surface area contributed by atoms with Gasteiger partial charge in [0.05, 0.1) is 13.2 Å². The normalized spacial score (nSPS) is 16.1. The van der Waals surface area contributed by atoms with Crippen LogP contribution in [0.1, 0.15) is 46.0 Å². The Morgan fingerprint density at radius 1 is 1.05 bits per heavy atom. The molecule has 1 N–H and O–H groups in total.